The van der Waals surface area contributed by atoms with E-state index in [4.69, 9.17) is 0 Å². The molecule has 0 aromatic heterocycles. The summed E-state index contributed by atoms with van der Waals surface area (Å²) in [6, 6.07) is 0. The van der Waals surface area contributed by atoms with E-state index in [1.54, 1.807) is 0 Å². The highest BCUT2D eigenvalue weighted by molar-refractivity contribution is 5.08. The smallest absolute Gasteiger partial charge is 0.0749 e. The largest absolute Gasteiger partial charge is 0.393 e. The van der Waals surface area contributed by atoms with Crippen molar-refractivity contribution in [3.05, 3.63) is 12.2 Å². The second kappa shape index (κ2) is 3.35. The van der Waals surface area contributed by atoms with Gasteiger partial charge in [0.25, 0.3) is 0 Å². The van der Waals surface area contributed by atoms with Crippen molar-refractivity contribution in [1.82, 2.24) is 0 Å². The number of allylic oxidation sites excluding steroid dienone is 1. The molecule has 0 heterocycles. The molecule has 0 amide bonds. The molecule has 2 N–H and O–H groups in total. The quantitative estimate of drug-likeness (QED) is 0.579. The van der Waals surface area contributed by atoms with E-state index in [0.717, 1.165) is 19.3 Å². The van der Waals surface area contributed by atoms with Crippen molar-refractivity contribution >= 4 is 0 Å². The van der Waals surface area contributed by atoms with E-state index < -0.39 is 0 Å². The van der Waals surface area contributed by atoms with Gasteiger partial charge in [-0.25, -0.2) is 0 Å². The van der Waals surface area contributed by atoms with Gasteiger partial charge < -0.3 is 10.2 Å². The number of hydrogen-bond donors (Lipinski definition) is 2. The summed E-state index contributed by atoms with van der Waals surface area (Å²) in [5.74, 6) is 0.735. The fraction of sp³-hybridized carbons (Fsp3) is 0.833. The van der Waals surface area contributed by atoms with Gasteiger partial charge in [-0.1, -0.05) is 26.0 Å². The van der Waals surface area contributed by atoms with Gasteiger partial charge in [-0.3, -0.25) is 0 Å². The van der Waals surface area contributed by atoms with Crippen LogP contribution in [0.2, 0.25) is 0 Å². The SMILES string of the molecule is C[C@@H]1[C@H](O)C=CC[C@]2(C)[C@@H](O)CC[C@@H]12. The second-order valence-corrected chi connectivity index (χ2v) is 5.19. The van der Waals surface area contributed by atoms with Gasteiger partial charge in [0.2, 0.25) is 0 Å². The van der Waals surface area contributed by atoms with Crippen LogP contribution in [0.15, 0.2) is 12.2 Å². The lowest BCUT2D eigenvalue weighted by atomic mass is 9.70. The monoisotopic (exact) mass is 196 g/mol. The molecule has 80 valence electrons. The highest BCUT2D eigenvalue weighted by Crippen LogP contribution is 2.51. The van der Waals surface area contributed by atoms with Gasteiger partial charge in [0, 0.05) is 5.41 Å². The van der Waals surface area contributed by atoms with Gasteiger partial charge in [-0.15, -0.1) is 0 Å². The first-order valence-electron chi connectivity index (χ1n) is 5.58. The predicted molar refractivity (Wildman–Crippen MR) is 55.8 cm³/mol. The van der Waals surface area contributed by atoms with Crippen LogP contribution >= 0.6 is 0 Å². The van der Waals surface area contributed by atoms with Crippen LogP contribution in [0.4, 0.5) is 0 Å². The summed E-state index contributed by atoms with van der Waals surface area (Å²) in [7, 11) is 0. The zero-order valence-electron chi connectivity index (χ0n) is 8.98. The lowest BCUT2D eigenvalue weighted by Crippen LogP contribution is -2.36. The van der Waals surface area contributed by atoms with Gasteiger partial charge >= 0.3 is 0 Å². The third-order valence-electron chi connectivity index (χ3n) is 4.42. The molecule has 1 fully saturated rings. The molecular formula is C12H20O2. The highest BCUT2D eigenvalue weighted by Gasteiger charge is 2.49. The molecule has 2 aliphatic rings. The highest BCUT2D eigenvalue weighted by atomic mass is 16.3. The number of aliphatic hydroxyl groups excluding tert-OH is 2. The normalized spacial score (nSPS) is 52.9. The first-order valence-corrected chi connectivity index (χ1v) is 5.58. The molecule has 2 rings (SSSR count). The molecule has 0 saturated heterocycles. The Morgan fingerprint density at radius 2 is 2.00 bits per heavy atom. The minimum atomic E-state index is -0.327. The van der Waals surface area contributed by atoms with Gasteiger partial charge in [-0.05, 0) is 31.1 Å². The average Bonchev–Trinajstić information content (AvgIpc) is 2.37. The molecule has 0 aromatic rings. The third-order valence-corrected chi connectivity index (χ3v) is 4.42. The van der Waals surface area contributed by atoms with Crippen molar-refractivity contribution in [3.63, 3.8) is 0 Å². The van der Waals surface area contributed by atoms with Crippen molar-refractivity contribution < 1.29 is 10.2 Å². The summed E-state index contributed by atoms with van der Waals surface area (Å²) in [5.41, 5.74) is -0.00655. The van der Waals surface area contributed by atoms with Crippen LogP contribution in [0.3, 0.4) is 0 Å². The Labute approximate surface area is 85.6 Å². The summed E-state index contributed by atoms with van der Waals surface area (Å²) in [4.78, 5) is 0. The summed E-state index contributed by atoms with van der Waals surface area (Å²) in [5, 5.41) is 19.8. The van der Waals surface area contributed by atoms with E-state index in [2.05, 4.69) is 13.8 Å². The van der Waals surface area contributed by atoms with E-state index in [9.17, 15) is 10.2 Å². The summed E-state index contributed by atoms with van der Waals surface area (Å²) in [6.45, 7) is 4.26. The minimum absolute atomic E-state index is 0.00655. The van der Waals surface area contributed by atoms with Gasteiger partial charge in [0.1, 0.15) is 0 Å². The molecule has 2 nitrogen and oxygen atoms in total. The molecule has 0 bridgehead atoms. The van der Waals surface area contributed by atoms with E-state index >= 15 is 0 Å². The van der Waals surface area contributed by atoms with Gasteiger partial charge in [0.15, 0.2) is 0 Å². The zero-order chi connectivity index (χ0) is 10.3. The number of hydrogen-bond acceptors (Lipinski definition) is 2. The van der Waals surface area contributed by atoms with Crippen molar-refractivity contribution in [2.45, 2.75) is 45.3 Å². The predicted octanol–water partition coefficient (Wildman–Crippen LogP) is 1.72. The molecule has 0 unspecified atom stereocenters. The van der Waals surface area contributed by atoms with Crippen LogP contribution in [0.25, 0.3) is 0 Å². The maximum Gasteiger partial charge on any atom is 0.0749 e. The summed E-state index contributed by atoms with van der Waals surface area (Å²) in [6.07, 6.45) is 6.26. The van der Waals surface area contributed by atoms with E-state index in [0.29, 0.717) is 5.92 Å². The van der Waals surface area contributed by atoms with Crippen LogP contribution < -0.4 is 0 Å². The molecule has 2 aliphatic carbocycles. The first-order chi connectivity index (χ1) is 6.55. The summed E-state index contributed by atoms with van der Waals surface area (Å²) >= 11 is 0. The molecule has 0 radical (unpaired) electrons. The number of aliphatic hydroxyl groups is 2. The molecule has 1 saturated carbocycles. The lowest BCUT2D eigenvalue weighted by Gasteiger charge is -2.36. The fourth-order valence-electron chi connectivity index (χ4n) is 3.27. The number of rotatable bonds is 0. The van der Waals surface area contributed by atoms with E-state index in [1.165, 1.54) is 0 Å². The fourth-order valence-corrected chi connectivity index (χ4v) is 3.27. The van der Waals surface area contributed by atoms with Crippen molar-refractivity contribution in [2.24, 2.45) is 17.3 Å². The Kier molecular flexibility index (Phi) is 2.44. The Morgan fingerprint density at radius 1 is 1.29 bits per heavy atom. The standard InChI is InChI=1S/C12H20O2/c1-8-9-5-6-11(14)12(9,2)7-3-4-10(8)13/h3-4,8-11,13-14H,5-7H2,1-2H3/t8-,9-,10+,11-,12-/m0/s1. The molecule has 0 aromatic carbocycles. The minimum Gasteiger partial charge on any atom is -0.393 e. The molecule has 0 spiro atoms. The third kappa shape index (κ3) is 1.32. The van der Waals surface area contributed by atoms with Crippen LogP contribution in [0, 0.1) is 17.3 Å². The Balaban J connectivity index is 2.29. The molecule has 5 atom stereocenters. The second-order valence-electron chi connectivity index (χ2n) is 5.19. The van der Waals surface area contributed by atoms with Crippen molar-refractivity contribution in [2.75, 3.05) is 0 Å². The van der Waals surface area contributed by atoms with Gasteiger partial charge in [-0.2, -0.15) is 0 Å². The Morgan fingerprint density at radius 3 is 2.71 bits per heavy atom. The van der Waals surface area contributed by atoms with Crippen LogP contribution in [-0.4, -0.2) is 22.4 Å². The lowest BCUT2D eigenvalue weighted by molar-refractivity contribution is 0.00914. The van der Waals surface area contributed by atoms with E-state index in [-0.39, 0.29) is 23.5 Å². The maximum atomic E-state index is 10.00. The van der Waals surface area contributed by atoms with Crippen LogP contribution in [0.5, 0.6) is 0 Å². The first kappa shape index (κ1) is 10.2. The Bertz CT molecular complexity index is 249. The molecule has 2 heteroatoms. The maximum absolute atomic E-state index is 10.00. The van der Waals surface area contributed by atoms with Gasteiger partial charge in [0.05, 0.1) is 12.2 Å². The average molecular weight is 196 g/mol. The van der Waals surface area contributed by atoms with Crippen molar-refractivity contribution in [3.8, 4) is 0 Å². The number of fused-ring (bicyclic) bond motifs is 1. The van der Waals surface area contributed by atoms with Crippen molar-refractivity contribution in [1.29, 1.82) is 0 Å². The van der Waals surface area contributed by atoms with E-state index in [1.807, 2.05) is 12.2 Å². The molecular weight excluding hydrogens is 176 g/mol. The topological polar surface area (TPSA) is 40.5 Å². The van der Waals surface area contributed by atoms with Crippen LogP contribution in [0.1, 0.15) is 33.1 Å². The Hall–Kier alpha value is -0.340. The molecule has 14 heavy (non-hydrogen) atoms. The molecule has 0 aliphatic heterocycles. The summed E-state index contributed by atoms with van der Waals surface area (Å²) < 4.78 is 0. The van der Waals surface area contributed by atoms with Crippen LogP contribution in [-0.2, 0) is 0 Å². The zero-order valence-corrected chi connectivity index (χ0v) is 8.98.